The highest BCUT2D eigenvalue weighted by atomic mass is 35.5. The smallest absolute Gasteiger partial charge is 0.261 e. The maximum absolute atomic E-state index is 11.3. The number of ketones is 1. The van der Waals surface area contributed by atoms with Crippen LogP contribution in [-0.4, -0.2) is 26.1 Å². The molecule has 2 aromatic rings. The third-order valence-corrected chi connectivity index (χ3v) is 10.6. The van der Waals surface area contributed by atoms with E-state index in [4.69, 9.17) is 16.0 Å². The molecule has 0 spiro atoms. The molecule has 2 nitrogen and oxygen atoms in total. The van der Waals surface area contributed by atoms with Crippen molar-refractivity contribution in [2.75, 3.05) is 6.61 Å². The quantitative estimate of drug-likeness (QED) is 0.337. The van der Waals surface area contributed by atoms with Gasteiger partial charge in [-0.05, 0) is 41.6 Å². The molecule has 0 aromatic heterocycles. The average Bonchev–Trinajstić information content (AvgIpc) is 2.65. The van der Waals surface area contributed by atoms with Crippen molar-refractivity contribution >= 4 is 36.1 Å². The molecule has 0 saturated carbocycles. The van der Waals surface area contributed by atoms with Crippen LogP contribution >= 0.6 is 11.6 Å². The number of Topliss-reactive ketones (excluding diaryl/α,β-unsaturated/α-hetero) is 1. The summed E-state index contributed by atoms with van der Waals surface area (Å²) in [6.07, 6.45) is 2.51. The molecule has 0 aliphatic carbocycles. The van der Waals surface area contributed by atoms with Gasteiger partial charge in [-0.15, -0.1) is 11.6 Å². The van der Waals surface area contributed by atoms with E-state index in [1.807, 2.05) is 0 Å². The highest BCUT2D eigenvalue weighted by Gasteiger charge is 2.49. The third-order valence-electron chi connectivity index (χ3n) is 5.03. The second kappa shape index (κ2) is 9.68. The predicted molar refractivity (Wildman–Crippen MR) is 118 cm³/mol. The highest BCUT2D eigenvalue weighted by molar-refractivity contribution is 6.99. The SMILES string of the molecule is CC(=O)[C@@H](Cl)CCCCO[Si](c1ccccc1)(c1ccccc1)C(C)(C)C. The topological polar surface area (TPSA) is 26.3 Å². The Morgan fingerprint density at radius 2 is 1.44 bits per heavy atom. The van der Waals surface area contributed by atoms with E-state index >= 15 is 0 Å². The number of rotatable bonds is 9. The van der Waals surface area contributed by atoms with Crippen molar-refractivity contribution in [3.05, 3.63) is 60.7 Å². The Hall–Kier alpha value is -1.42. The molecule has 0 radical (unpaired) electrons. The summed E-state index contributed by atoms with van der Waals surface area (Å²) in [5.41, 5.74) is 0. The van der Waals surface area contributed by atoms with Gasteiger partial charge in [-0.1, -0.05) is 81.4 Å². The van der Waals surface area contributed by atoms with E-state index in [9.17, 15) is 4.79 Å². The fraction of sp³-hybridized carbons (Fsp3) is 0.435. The molecule has 1 atom stereocenters. The lowest BCUT2D eigenvalue weighted by Gasteiger charge is -2.43. The number of benzene rings is 2. The van der Waals surface area contributed by atoms with Crippen LogP contribution in [0.15, 0.2) is 60.7 Å². The summed E-state index contributed by atoms with van der Waals surface area (Å²) < 4.78 is 6.82. The molecule has 4 heteroatoms. The summed E-state index contributed by atoms with van der Waals surface area (Å²) in [6.45, 7) is 9.07. The lowest BCUT2D eigenvalue weighted by molar-refractivity contribution is -0.116. The molecule has 0 fully saturated rings. The number of carbonyl (C=O) groups excluding carboxylic acids is 1. The summed E-state index contributed by atoms with van der Waals surface area (Å²) in [6, 6.07) is 21.3. The van der Waals surface area contributed by atoms with Gasteiger partial charge in [0.1, 0.15) is 5.78 Å². The minimum absolute atomic E-state index is 0.00981. The van der Waals surface area contributed by atoms with Crippen LogP contribution in [0.4, 0.5) is 0 Å². The van der Waals surface area contributed by atoms with E-state index in [0.717, 1.165) is 12.8 Å². The molecule has 0 N–H and O–H groups in total. The van der Waals surface area contributed by atoms with Crippen LogP contribution in [0.3, 0.4) is 0 Å². The molecule has 146 valence electrons. The minimum Gasteiger partial charge on any atom is -0.407 e. The summed E-state index contributed by atoms with van der Waals surface area (Å²) in [7, 11) is -2.45. The Labute approximate surface area is 170 Å². The normalized spacial score (nSPS) is 13.4. The summed E-state index contributed by atoms with van der Waals surface area (Å²) >= 11 is 6.07. The fourth-order valence-corrected chi connectivity index (χ4v) is 8.38. The number of alkyl halides is 1. The number of hydrogen-bond donors (Lipinski definition) is 0. The number of carbonyl (C=O) groups is 1. The van der Waals surface area contributed by atoms with E-state index in [1.165, 1.54) is 10.4 Å². The molecule has 0 bridgehead atoms. The van der Waals surface area contributed by atoms with Crippen LogP contribution < -0.4 is 10.4 Å². The first-order valence-electron chi connectivity index (χ1n) is 9.68. The lowest BCUT2D eigenvalue weighted by atomic mass is 10.1. The van der Waals surface area contributed by atoms with Gasteiger partial charge >= 0.3 is 0 Å². The largest absolute Gasteiger partial charge is 0.407 e. The molecule has 2 aromatic carbocycles. The van der Waals surface area contributed by atoms with Gasteiger partial charge in [0, 0.05) is 6.61 Å². The van der Waals surface area contributed by atoms with E-state index in [1.54, 1.807) is 6.92 Å². The number of unbranched alkanes of at least 4 members (excludes halogenated alkanes) is 1. The fourth-order valence-electron chi connectivity index (χ4n) is 3.62. The van der Waals surface area contributed by atoms with E-state index in [0.29, 0.717) is 13.0 Å². The zero-order valence-corrected chi connectivity index (χ0v) is 18.6. The van der Waals surface area contributed by atoms with Gasteiger partial charge < -0.3 is 4.43 Å². The van der Waals surface area contributed by atoms with Crippen molar-refractivity contribution in [2.45, 2.75) is 57.4 Å². The maximum atomic E-state index is 11.3. The summed E-state index contributed by atoms with van der Waals surface area (Å²) in [4.78, 5) is 11.3. The molecule has 0 heterocycles. The maximum Gasteiger partial charge on any atom is 0.261 e. The highest BCUT2D eigenvalue weighted by Crippen LogP contribution is 2.36. The van der Waals surface area contributed by atoms with Gasteiger partial charge in [-0.25, -0.2) is 0 Å². The predicted octanol–water partition coefficient (Wildman–Crippen LogP) is 4.93. The molecule has 27 heavy (non-hydrogen) atoms. The van der Waals surface area contributed by atoms with E-state index < -0.39 is 8.32 Å². The van der Waals surface area contributed by atoms with E-state index in [-0.39, 0.29) is 16.2 Å². The first kappa shape index (κ1) is 21.9. The van der Waals surface area contributed by atoms with Gasteiger partial charge in [0.05, 0.1) is 5.38 Å². The first-order valence-corrected chi connectivity index (χ1v) is 12.0. The molecular formula is C23H31ClO2Si. The minimum atomic E-state index is -2.45. The molecular weight excluding hydrogens is 372 g/mol. The average molecular weight is 403 g/mol. The van der Waals surface area contributed by atoms with E-state index in [2.05, 4.69) is 81.4 Å². The lowest BCUT2D eigenvalue weighted by Crippen LogP contribution is -2.66. The summed E-state index contributed by atoms with van der Waals surface area (Å²) in [5, 5.41) is 2.20. The van der Waals surface area contributed by atoms with Gasteiger partial charge in [-0.2, -0.15) is 0 Å². The molecule has 0 saturated heterocycles. The first-order chi connectivity index (χ1) is 12.8. The van der Waals surface area contributed by atoms with Crippen LogP contribution in [0.1, 0.15) is 47.0 Å². The zero-order chi connectivity index (χ0) is 19.9. The molecule has 0 aliphatic heterocycles. The van der Waals surface area contributed by atoms with Gasteiger partial charge in [-0.3, -0.25) is 4.79 Å². The Morgan fingerprint density at radius 1 is 0.963 bits per heavy atom. The Kier molecular flexibility index (Phi) is 7.84. The van der Waals surface area contributed by atoms with Gasteiger partial charge in [0.2, 0.25) is 0 Å². The zero-order valence-electron chi connectivity index (χ0n) is 16.9. The Balaban J connectivity index is 2.26. The molecule has 0 aliphatic rings. The van der Waals surface area contributed by atoms with Gasteiger partial charge in [0.15, 0.2) is 0 Å². The van der Waals surface area contributed by atoms with Crippen molar-refractivity contribution in [3.8, 4) is 0 Å². The molecule has 0 unspecified atom stereocenters. The van der Waals surface area contributed by atoms with Crippen LogP contribution in [-0.2, 0) is 9.22 Å². The second-order valence-electron chi connectivity index (χ2n) is 8.09. The molecule has 0 amide bonds. The standard InChI is InChI=1S/C23H31ClO2Si/c1-19(25)22(24)17-11-12-18-26-27(23(2,3)4,20-13-7-5-8-14-20)21-15-9-6-10-16-21/h5-10,13-16,22H,11-12,17-18H2,1-4H3/t22-/m0/s1. The van der Waals surface area contributed by atoms with Crippen molar-refractivity contribution in [1.82, 2.24) is 0 Å². The van der Waals surface area contributed by atoms with Crippen LogP contribution in [0, 0.1) is 0 Å². The number of hydrogen-bond acceptors (Lipinski definition) is 2. The van der Waals surface area contributed by atoms with Crippen molar-refractivity contribution in [1.29, 1.82) is 0 Å². The summed E-state index contributed by atoms with van der Waals surface area (Å²) in [5.74, 6) is 0.0459. The van der Waals surface area contributed by atoms with Crippen molar-refractivity contribution < 1.29 is 9.22 Å². The van der Waals surface area contributed by atoms with Crippen molar-refractivity contribution in [3.63, 3.8) is 0 Å². The second-order valence-corrected chi connectivity index (χ2v) is 12.9. The van der Waals surface area contributed by atoms with Crippen LogP contribution in [0.2, 0.25) is 5.04 Å². The molecule has 2 rings (SSSR count). The van der Waals surface area contributed by atoms with Crippen LogP contribution in [0.25, 0.3) is 0 Å². The van der Waals surface area contributed by atoms with Crippen LogP contribution in [0.5, 0.6) is 0 Å². The Morgan fingerprint density at radius 3 is 1.85 bits per heavy atom. The van der Waals surface area contributed by atoms with Crippen molar-refractivity contribution in [2.24, 2.45) is 0 Å². The number of halogens is 1. The monoisotopic (exact) mass is 402 g/mol. The van der Waals surface area contributed by atoms with Gasteiger partial charge in [0.25, 0.3) is 8.32 Å². The Bertz CT molecular complexity index is 671. The third kappa shape index (κ3) is 5.31.